The highest BCUT2D eigenvalue weighted by molar-refractivity contribution is 5.78. The Balaban J connectivity index is 1.55. The molecular formula is C19H26N4O3. The van der Waals surface area contributed by atoms with Crippen LogP contribution in [0.1, 0.15) is 12.0 Å². The minimum absolute atomic E-state index is 0.0339. The lowest BCUT2D eigenvalue weighted by molar-refractivity contribution is -0.131. The van der Waals surface area contributed by atoms with E-state index in [2.05, 4.69) is 5.10 Å². The summed E-state index contributed by atoms with van der Waals surface area (Å²) in [6, 6.07) is 9.51. The molecule has 0 aliphatic carbocycles. The molecule has 7 heteroatoms. The molecule has 140 valence electrons. The van der Waals surface area contributed by atoms with Gasteiger partial charge in [0.2, 0.25) is 5.91 Å². The van der Waals surface area contributed by atoms with Crippen molar-refractivity contribution in [2.75, 3.05) is 32.8 Å². The fraction of sp³-hybridized carbons (Fsp3) is 0.474. The van der Waals surface area contributed by atoms with Crippen LogP contribution in [0, 0.1) is 0 Å². The van der Waals surface area contributed by atoms with Crippen LogP contribution >= 0.6 is 0 Å². The third-order valence-electron chi connectivity index (χ3n) is 4.32. The summed E-state index contributed by atoms with van der Waals surface area (Å²) in [5, 5.41) is 4.22. The number of ether oxygens (including phenoxy) is 2. The van der Waals surface area contributed by atoms with Crippen LogP contribution in [0.3, 0.4) is 0 Å². The van der Waals surface area contributed by atoms with Crippen molar-refractivity contribution in [2.24, 2.45) is 5.73 Å². The lowest BCUT2D eigenvalue weighted by atomic mass is 10.1. The van der Waals surface area contributed by atoms with Crippen LogP contribution < -0.4 is 10.5 Å². The van der Waals surface area contributed by atoms with Gasteiger partial charge < -0.3 is 20.1 Å². The summed E-state index contributed by atoms with van der Waals surface area (Å²) in [6.45, 7) is 3.62. The minimum Gasteiger partial charge on any atom is -0.492 e. The molecule has 1 aliphatic rings. The standard InChI is InChI=1S/C19H26N4O3/c20-7-12-26-17-5-3-16(4-6-17)13-19(24)22-9-2-11-25-18(14-22)15-23-10-1-8-21-23/h1,3-6,8,10,18H,2,7,9,11-15,20H2/t18-/m1/s1. The fourth-order valence-electron chi connectivity index (χ4n) is 3.02. The summed E-state index contributed by atoms with van der Waals surface area (Å²) >= 11 is 0. The van der Waals surface area contributed by atoms with Gasteiger partial charge in [0, 0.05) is 38.6 Å². The van der Waals surface area contributed by atoms with Gasteiger partial charge in [-0.2, -0.15) is 5.10 Å². The Hall–Kier alpha value is -2.38. The van der Waals surface area contributed by atoms with Gasteiger partial charge in [-0.05, 0) is 30.2 Å². The summed E-state index contributed by atoms with van der Waals surface area (Å²) in [5.41, 5.74) is 6.41. The first kappa shape index (κ1) is 18.4. The van der Waals surface area contributed by atoms with Gasteiger partial charge in [-0.1, -0.05) is 12.1 Å². The van der Waals surface area contributed by atoms with E-state index in [9.17, 15) is 4.79 Å². The summed E-state index contributed by atoms with van der Waals surface area (Å²) in [7, 11) is 0. The van der Waals surface area contributed by atoms with Crippen molar-refractivity contribution in [3.63, 3.8) is 0 Å². The average Bonchev–Trinajstić information content (AvgIpc) is 3.05. The van der Waals surface area contributed by atoms with Crippen LogP contribution in [-0.2, 0) is 22.5 Å². The van der Waals surface area contributed by atoms with Crippen LogP contribution in [-0.4, -0.2) is 59.5 Å². The van der Waals surface area contributed by atoms with Crippen LogP contribution in [0.4, 0.5) is 0 Å². The van der Waals surface area contributed by atoms with E-state index in [0.29, 0.717) is 39.3 Å². The van der Waals surface area contributed by atoms with E-state index >= 15 is 0 Å². The number of hydrogen-bond donors (Lipinski definition) is 1. The molecule has 0 bridgehead atoms. The molecule has 2 aromatic rings. The van der Waals surface area contributed by atoms with Crippen LogP contribution in [0.25, 0.3) is 0 Å². The maximum absolute atomic E-state index is 12.7. The van der Waals surface area contributed by atoms with Crippen LogP contribution in [0.2, 0.25) is 0 Å². The Morgan fingerprint density at radius 1 is 1.35 bits per heavy atom. The van der Waals surface area contributed by atoms with E-state index in [-0.39, 0.29) is 12.0 Å². The Bertz CT molecular complexity index is 673. The molecule has 2 N–H and O–H groups in total. The Kier molecular flexibility index (Phi) is 6.62. The molecule has 0 unspecified atom stereocenters. The van der Waals surface area contributed by atoms with Gasteiger partial charge in [-0.25, -0.2) is 0 Å². The largest absolute Gasteiger partial charge is 0.492 e. The second-order valence-electron chi connectivity index (χ2n) is 6.37. The van der Waals surface area contributed by atoms with E-state index in [1.807, 2.05) is 46.1 Å². The SMILES string of the molecule is NCCOc1ccc(CC(=O)N2CCCO[C@@H](Cn3cccn3)C2)cc1. The van der Waals surface area contributed by atoms with Crippen molar-refractivity contribution in [1.82, 2.24) is 14.7 Å². The van der Waals surface area contributed by atoms with E-state index < -0.39 is 0 Å². The third-order valence-corrected chi connectivity index (χ3v) is 4.32. The van der Waals surface area contributed by atoms with Gasteiger partial charge in [-0.15, -0.1) is 0 Å². The number of carbonyl (C=O) groups is 1. The van der Waals surface area contributed by atoms with Gasteiger partial charge in [0.1, 0.15) is 12.4 Å². The highest BCUT2D eigenvalue weighted by atomic mass is 16.5. The van der Waals surface area contributed by atoms with Crippen molar-refractivity contribution in [2.45, 2.75) is 25.5 Å². The Morgan fingerprint density at radius 3 is 2.92 bits per heavy atom. The predicted molar refractivity (Wildman–Crippen MR) is 97.9 cm³/mol. The number of nitrogens with two attached hydrogens (primary N) is 1. The quantitative estimate of drug-likeness (QED) is 0.801. The molecule has 26 heavy (non-hydrogen) atoms. The van der Waals surface area contributed by atoms with Crippen LogP contribution in [0.15, 0.2) is 42.7 Å². The number of hydrogen-bond acceptors (Lipinski definition) is 5. The maximum atomic E-state index is 12.7. The highest BCUT2D eigenvalue weighted by Crippen LogP contribution is 2.15. The van der Waals surface area contributed by atoms with Crippen molar-refractivity contribution in [3.8, 4) is 5.75 Å². The van der Waals surface area contributed by atoms with E-state index in [0.717, 1.165) is 24.3 Å². The molecule has 1 aromatic heterocycles. The number of nitrogens with zero attached hydrogens (tertiary/aromatic N) is 3. The zero-order valence-corrected chi connectivity index (χ0v) is 14.9. The molecule has 1 fully saturated rings. The van der Waals surface area contributed by atoms with E-state index in [4.69, 9.17) is 15.2 Å². The second kappa shape index (κ2) is 9.35. The molecular weight excluding hydrogens is 332 g/mol. The summed E-state index contributed by atoms with van der Waals surface area (Å²) in [6.07, 6.45) is 4.86. The molecule has 0 spiro atoms. The van der Waals surface area contributed by atoms with Gasteiger partial charge in [0.05, 0.1) is 19.1 Å². The maximum Gasteiger partial charge on any atom is 0.227 e. The molecule has 1 atom stereocenters. The van der Waals surface area contributed by atoms with Crippen molar-refractivity contribution >= 4 is 5.91 Å². The zero-order chi connectivity index (χ0) is 18.2. The van der Waals surface area contributed by atoms with Gasteiger partial charge in [-0.3, -0.25) is 9.48 Å². The highest BCUT2D eigenvalue weighted by Gasteiger charge is 2.23. The molecule has 1 aliphatic heterocycles. The van der Waals surface area contributed by atoms with Crippen LogP contribution in [0.5, 0.6) is 5.75 Å². The summed E-state index contributed by atoms with van der Waals surface area (Å²) in [4.78, 5) is 14.6. The van der Waals surface area contributed by atoms with Gasteiger partial charge >= 0.3 is 0 Å². The summed E-state index contributed by atoms with van der Waals surface area (Å²) in [5.74, 6) is 0.894. The number of benzene rings is 1. The van der Waals surface area contributed by atoms with E-state index in [1.54, 1.807) is 6.20 Å². The van der Waals surface area contributed by atoms with Crippen molar-refractivity contribution in [3.05, 3.63) is 48.3 Å². The fourth-order valence-corrected chi connectivity index (χ4v) is 3.02. The zero-order valence-electron chi connectivity index (χ0n) is 14.9. The molecule has 3 rings (SSSR count). The number of rotatable bonds is 7. The Morgan fingerprint density at radius 2 is 2.19 bits per heavy atom. The van der Waals surface area contributed by atoms with Gasteiger partial charge in [0.15, 0.2) is 0 Å². The number of amides is 1. The molecule has 1 aromatic carbocycles. The minimum atomic E-state index is -0.0339. The first-order valence-electron chi connectivity index (χ1n) is 9.03. The molecule has 1 amide bonds. The van der Waals surface area contributed by atoms with Crippen molar-refractivity contribution in [1.29, 1.82) is 0 Å². The molecule has 0 saturated carbocycles. The molecule has 1 saturated heterocycles. The summed E-state index contributed by atoms with van der Waals surface area (Å²) < 4.78 is 13.2. The average molecular weight is 358 g/mol. The molecule has 2 heterocycles. The molecule has 0 radical (unpaired) electrons. The normalized spacial score (nSPS) is 17.7. The predicted octanol–water partition coefficient (Wildman–Crippen LogP) is 1.08. The first-order valence-corrected chi connectivity index (χ1v) is 9.03. The lowest BCUT2D eigenvalue weighted by Gasteiger charge is -2.24. The first-order chi connectivity index (χ1) is 12.7. The second-order valence-corrected chi connectivity index (χ2v) is 6.37. The Labute approximate surface area is 153 Å². The number of carbonyl (C=O) groups excluding carboxylic acids is 1. The van der Waals surface area contributed by atoms with Crippen molar-refractivity contribution < 1.29 is 14.3 Å². The monoisotopic (exact) mass is 358 g/mol. The topological polar surface area (TPSA) is 82.6 Å². The lowest BCUT2D eigenvalue weighted by Crippen LogP contribution is -2.39. The third kappa shape index (κ3) is 5.31. The smallest absolute Gasteiger partial charge is 0.227 e. The van der Waals surface area contributed by atoms with E-state index in [1.165, 1.54) is 0 Å². The number of aromatic nitrogens is 2. The van der Waals surface area contributed by atoms with Gasteiger partial charge in [0.25, 0.3) is 0 Å². The molecule has 7 nitrogen and oxygen atoms in total.